The lowest BCUT2D eigenvalue weighted by Crippen LogP contribution is -2.39. The van der Waals surface area contributed by atoms with Crippen molar-refractivity contribution in [3.8, 4) is 5.88 Å². The number of ether oxygens (including phenoxy) is 1. The number of halogens is 1. The van der Waals surface area contributed by atoms with Crippen molar-refractivity contribution in [2.24, 2.45) is 0 Å². The topological polar surface area (TPSA) is 88.6 Å². The van der Waals surface area contributed by atoms with E-state index in [1.165, 1.54) is 16.4 Å². The summed E-state index contributed by atoms with van der Waals surface area (Å²) >= 11 is 5.85. The summed E-state index contributed by atoms with van der Waals surface area (Å²) in [6, 6.07) is 9.81. The maximum Gasteiger partial charge on any atom is 0.251 e. The fourth-order valence-electron chi connectivity index (χ4n) is 4.23. The lowest BCUT2D eigenvalue weighted by molar-refractivity contribution is 0.0890. The summed E-state index contributed by atoms with van der Waals surface area (Å²) in [5, 5.41) is 3.63. The first-order chi connectivity index (χ1) is 15.4. The zero-order valence-corrected chi connectivity index (χ0v) is 19.4. The van der Waals surface area contributed by atoms with Crippen LogP contribution in [-0.4, -0.2) is 48.8 Å². The van der Waals surface area contributed by atoms with Gasteiger partial charge in [-0.05, 0) is 68.9 Å². The van der Waals surface area contributed by atoms with Gasteiger partial charge in [0.15, 0.2) is 0 Å². The molecule has 1 saturated heterocycles. The van der Waals surface area contributed by atoms with Crippen molar-refractivity contribution in [1.29, 1.82) is 0 Å². The van der Waals surface area contributed by atoms with E-state index in [-0.39, 0.29) is 22.9 Å². The van der Waals surface area contributed by atoms with Gasteiger partial charge in [-0.2, -0.15) is 4.31 Å². The molecule has 1 amide bonds. The third-order valence-corrected chi connectivity index (χ3v) is 8.20. The highest BCUT2D eigenvalue weighted by Crippen LogP contribution is 2.24. The van der Waals surface area contributed by atoms with E-state index in [1.54, 1.807) is 30.5 Å². The normalized spacial score (nSPS) is 22.3. The third kappa shape index (κ3) is 5.60. The molecule has 1 aliphatic carbocycles. The molecule has 9 heteroatoms. The Hall–Kier alpha value is -2.16. The van der Waals surface area contributed by atoms with Gasteiger partial charge in [-0.1, -0.05) is 18.0 Å². The molecule has 4 rings (SSSR count). The number of rotatable bonds is 6. The van der Waals surface area contributed by atoms with Crippen molar-refractivity contribution in [2.75, 3.05) is 13.1 Å². The van der Waals surface area contributed by atoms with Crippen LogP contribution in [0, 0.1) is 0 Å². The molecule has 2 fully saturated rings. The van der Waals surface area contributed by atoms with Crippen LogP contribution in [0.4, 0.5) is 0 Å². The molecular weight excluding hydrogens is 450 g/mol. The van der Waals surface area contributed by atoms with E-state index in [2.05, 4.69) is 10.3 Å². The van der Waals surface area contributed by atoms with Crippen LogP contribution in [0.3, 0.4) is 0 Å². The van der Waals surface area contributed by atoms with E-state index in [0.29, 0.717) is 29.6 Å². The summed E-state index contributed by atoms with van der Waals surface area (Å²) in [5.41, 5.74) is 0.464. The van der Waals surface area contributed by atoms with E-state index in [4.69, 9.17) is 16.3 Å². The molecule has 2 heterocycles. The number of nitrogens with zero attached hydrogens (tertiary/aromatic N) is 2. The predicted molar refractivity (Wildman–Crippen MR) is 122 cm³/mol. The number of carbonyl (C=O) groups excluding carboxylic acids is 1. The number of hydrogen-bond donors (Lipinski definition) is 1. The quantitative estimate of drug-likeness (QED) is 0.678. The van der Waals surface area contributed by atoms with E-state index < -0.39 is 10.0 Å². The number of carbonyl (C=O) groups is 1. The smallest absolute Gasteiger partial charge is 0.251 e. The lowest BCUT2D eigenvalue weighted by atomic mass is 9.92. The van der Waals surface area contributed by atoms with E-state index in [0.717, 1.165) is 44.9 Å². The molecule has 1 N–H and O–H groups in total. The molecule has 0 atom stereocenters. The Balaban J connectivity index is 1.28. The Morgan fingerprint density at radius 2 is 1.69 bits per heavy atom. The number of piperidine rings is 1. The summed E-state index contributed by atoms with van der Waals surface area (Å²) < 4.78 is 33.0. The van der Waals surface area contributed by atoms with Crippen LogP contribution in [0.5, 0.6) is 5.88 Å². The molecule has 1 saturated carbocycles. The fraction of sp³-hybridized carbons (Fsp3) is 0.478. The van der Waals surface area contributed by atoms with Gasteiger partial charge in [-0.3, -0.25) is 4.79 Å². The highest BCUT2D eigenvalue weighted by Gasteiger charge is 2.27. The summed E-state index contributed by atoms with van der Waals surface area (Å²) in [7, 11) is -3.49. The van der Waals surface area contributed by atoms with Gasteiger partial charge in [-0.25, -0.2) is 13.4 Å². The molecule has 1 aromatic heterocycles. The maximum atomic E-state index is 12.8. The van der Waals surface area contributed by atoms with Gasteiger partial charge in [0.1, 0.15) is 6.10 Å². The second-order valence-corrected chi connectivity index (χ2v) is 10.7. The predicted octanol–water partition coefficient (Wildman–Crippen LogP) is 4.03. The SMILES string of the molecule is O=C(NC1CCC(Oc2ccc(Cl)cn2)CC1)c1ccc(S(=O)(=O)N2CCCCC2)cc1. The van der Waals surface area contributed by atoms with Gasteiger partial charge in [-0.15, -0.1) is 0 Å². The van der Waals surface area contributed by atoms with Crippen LogP contribution in [0.1, 0.15) is 55.3 Å². The largest absolute Gasteiger partial charge is 0.474 e. The average molecular weight is 478 g/mol. The van der Waals surface area contributed by atoms with Gasteiger partial charge < -0.3 is 10.1 Å². The van der Waals surface area contributed by atoms with Crippen LogP contribution < -0.4 is 10.1 Å². The van der Waals surface area contributed by atoms with Crippen molar-refractivity contribution in [3.05, 3.63) is 53.2 Å². The Morgan fingerprint density at radius 1 is 1.00 bits per heavy atom. The minimum atomic E-state index is -3.49. The van der Waals surface area contributed by atoms with Crippen molar-refractivity contribution in [3.63, 3.8) is 0 Å². The molecule has 1 aromatic carbocycles. The zero-order chi connectivity index (χ0) is 22.6. The summed E-state index contributed by atoms with van der Waals surface area (Å²) in [6.45, 7) is 1.12. The van der Waals surface area contributed by atoms with Gasteiger partial charge in [0.2, 0.25) is 15.9 Å². The number of benzene rings is 1. The molecular formula is C23H28ClN3O4S. The number of nitrogens with one attached hydrogen (secondary N) is 1. The number of aromatic nitrogens is 1. The van der Waals surface area contributed by atoms with Crippen LogP contribution >= 0.6 is 11.6 Å². The first-order valence-electron chi connectivity index (χ1n) is 11.1. The maximum absolute atomic E-state index is 12.8. The van der Waals surface area contributed by atoms with Crippen molar-refractivity contribution in [1.82, 2.24) is 14.6 Å². The molecule has 0 spiro atoms. The van der Waals surface area contributed by atoms with Crippen LogP contribution in [0.15, 0.2) is 47.5 Å². The molecule has 2 aliphatic rings. The molecule has 32 heavy (non-hydrogen) atoms. The Labute approximate surface area is 194 Å². The molecule has 0 bridgehead atoms. The standard InChI is InChI=1S/C23H28ClN3O4S/c24-18-6-13-22(25-16-18)31-20-9-7-19(8-10-20)26-23(28)17-4-11-21(12-5-17)32(29,30)27-14-2-1-3-15-27/h4-6,11-13,16,19-20H,1-3,7-10,14-15H2,(H,26,28). The van der Waals surface area contributed by atoms with Crippen LogP contribution in [0.25, 0.3) is 0 Å². The lowest BCUT2D eigenvalue weighted by Gasteiger charge is -2.29. The molecule has 1 aliphatic heterocycles. The Kier molecular flexibility index (Phi) is 7.33. The number of sulfonamides is 1. The number of pyridine rings is 1. The van der Waals surface area contributed by atoms with Gasteiger partial charge in [0, 0.05) is 37.0 Å². The minimum absolute atomic E-state index is 0.0658. The van der Waals surface area contributed by atoms with Gasteiger partial charge >= 0.3 is 0 Å². The second kappa shape index (κ2) is 10.2. The Morgan fingerprint density at radius 3 is 2.31 bits per heavy atom. The zero-order valence-electron chi connectivity index (χ0n) is 17.9. The summed E-state index contributed by atoms with van der Waals surface area (Å²) in [5.74, 6) is 0.372. The van der Waals surface area contributed by atoms with Crippen LogP contribution in [-0.2, 0) is 10.0 Å². The molecule has 0 radical (unpaired) electrons. The molecule has 2 aromatic rings. The van der Waals surface area contributed by atoms with Crippen LogP contribution in [0.2, 0.25) is 5.02 Å². The highest BCUT2D eigenvalue weighted by atomic mass is 35.5. The molecule has 172 valence electrons. The van der Waals surface area contributed by atoms with E-state index in [9.17, 15) is 13.2 Å². The monoisotopic (exact) mass is 477 g/mol. The minimum Gasteiger partial charge on any atom is -0.474 e. The highest BCUT2D eigenvalue weighted by molar-refractivity contribution is 7.89. The first kappa shape index (κ1) is 23.0. The summed E-state index contributed by atoms with van der Waals surface area (Å²) in [4.78, 5) is 17.1. The molecule has 7 nitrogen and oxygen atoms in total. The van der Waals surface area contributed by atoms with E-state index >= 15 is 0 Å². The van der Waals surface area contributed by atoms with Crippen molar-refractivity contribution >= 4 is 27.5 Å². The fourth-order valence-corrected chi connectivity index (χ4v) is 5.86. The molecule has 0 unspecified atom stereocenters. The Bertz CT molecular complexity index is 1010. The van der Waals surface area contributed by atoms with Gasteiger partial charge in [0.05, 0.1) is 9.92 Å². The van der Waals surface area contributed by atoms with Gasteiger partial charge in [0.25, 0.3) is 5.91 Å². The number of hydrogen-bond acceptors (Lipinski definition) is 5. The summed E-state index contributed by atoms with van der Waals surface area (Å²) in [6.07, 6.45) is 7.74. The third-order valence-electron chi connectivity index (χ3n) is 6.07. The average Bonchev–Trinajstić information content (AvgIpc) is 2.82. The van der Waals surface area contributed by atoms with Crippen molar-refractivity contribution < 1.29 is 17.9 Å². The van der Waals surface area contributed by atoms with Crippen molar-refractivity contribution in [2.45, 2.75) is 62.0 Å². The number of amides is 1. The second-order valence-electron chi connectivity index (χ2n) is 8.37. The van der Waals surface area contributed by atoms with E-state index in [1.807, 2.05) is 0 Å². The first-order valence-corrected chi connectivity index (χ1v) is 12.9.